The van der Waals surface area contributed by atoms with E-state index in [1.807, 2.05) is 6.07 Å². The van der Waals surface area contributed by atoms with E-state index in [0.717, 1.165) is 35.8 Å². The van der Waals surface area contributed by atoms with Crippen LogP contribution in [0.2, 0.25) is 0 Å². The van der Waals surface area contributed by atoms with Crippen LogP contribution in [0.5, 0.6) is 11.5 Å². The molecule has 0 bridgehead atoms. The van der Waals surface area contributed by atoms with Crippen molar-refractivity contribution in [1.82, 2.24) is 0 Å². The molecule has 0 radical (unpaired) electrons. The maximum absolute atomic E-state index is 5.51. The Labute approximate surface area is 114 Å². The van der Waals surface area contributed by atoms with Gasteiger partial charge in [-0.15, -0.1) is 0 Å². The monoisotopic (exact) mass is 266 g/mol. The van der Waals surface area contributed by atoms with E-state index in [1.165, 1.54) is 12.8 Å². The molecule has 0 spiro atoms. The molecule has 1 aliphatic heterocycles. The van der Waals surface area contributed by atoms with Crippen LogP contribution in [-0.4, -0.2) is 33.9 Å². The molecule has 1 fully saturated rings. The SMILES string of the molecule is COc1cc(N2CCCC2)c(OC)cc1CCON. The van der Waals surface area contributed by atoms with Gasteiger partial charge < -0.3 is 19.2 Å². The van der Waals surface area contributed by atoms with Crippen LogP contribution < -0.4 is 20.3 Å². The summed E-state index contributed by atoms with van der Waals surface area (Å²) in [7, 11) is 3.38. The standard InChI is InChI=1S/C14H22N2O3/c1-17-13-10-12(16-6-3-4-7-16)14(18-2)9-11(13)5-8-19-15/h9-10H,3-8,15H2,1-2H3. The minimum atomic E-state index is 0.461. The minimum Gasteiger partial charge on any atom is -0.496 e. The summed E-state index contributed by atoms with van der Waals surface area (Å²) in [5.41, 5.74) is 2.15. The molecular formula is C14H22N2O3. The molecule has 1 aliphatic rings. The molecule has 0 aliphatic carbocycles. The lowest BCUT2D eigenvalue weighted by Gasteiger charge is -2.22. The molecular weight excluding hydrogens is 244 g/mol. The Morgan fingerprint density at radius 3 is 2.37 bits per heavy atom. The van der Waals surface area contributed by atoms with Crippen LogP contribution in [0.3, 0.4) is 0 Å². The fourth-order valence-corrected chi connectivity index (χ4v) is 2.51. The van der Waals surface area contributed by atoms with E-state index < -0.39 is 0 Å². The summed E-state index contributed by atoms with van der Waals surface area (Å²) in [4.78, 5) is 6.98. The predicted octanol–water partition coefficient (Wildman–Crippen LogP) is 1.74. The lowest BCUT2D eigenvalue weighted by Crippen LogP contribution is -2.18. The van der Waals surface area contributed by atoms with Crippen molar-refractivity contribution in [3.8, 4) is 11.5 Å². The second kappa shape index (κ2) is 6.63. The van der Waals surface area contributed by atoms with Crippen LogP contribution in [-0.2, 0) is 11.3 Å². The summed E-state index contributed by atoms with van der Waals surface area (Å²) in [5.74, 6) is 6.83. The molecule has 2 rings (SSSR count). The highest BCUT2D eigenvalue weighted by Crippen LogP contribution is 2.37. The fourth-order valence-electron chi connectivity index (χ4n) is 2.51. The van der Waals surface area contributed by atoms with Gasteiger partial charge in [-0.1, -0.05) is 0 Å². The largest absolute Gasteiger partial charge is 0.496 e. The van der Waals surface area contributed by atoms with Gasteiger partial charge in [0.05, 0.1) is 26.5 Å². The highest BCUT2D eigenvalue weighted by Gasteiger charge is 2.19. The Balaban J connectivity index is 2.32. The third-order valence-electron chi connectivity index (χ3n) is 3.52. The number of hydrogen-bond acceptors (Lipinski definition) is 5. The summed E-state index contributed by atoms with van der Waals surface area (Å²) in [6.07, 6.45) is 3.17. The van der Waals surface area contributed by atoms with Gasteiger partial charge in [0.1, 0.15) is 11.5 Å². The third kappa shape index (κ3) is 3.11. The van der Waals surface area contributed by atoms with Crippen molar-refractivity contribution >= 4 is 5.69 Å². The van der Waals surface area contributed by atoms with Gasteiger partial charge in [0.2, 0.25) is 0 Å². The lowest BCUT2D eigenvalue weighted by atomic mass is 10.1. The van der Waals surface area contributed by atoms with Gasteiger partial charge in [-0.25, -0.2) is 5.90 Å². The molecule has 5 nitrogen and oxygen atoms in total. The topological polar surface area (TPSA) is 57.0 Å². The fraction of sp³-hybridized carbons (Fsp3) is 0.571. The van der Waals surface area contributed by atoms with Crippen molar-refractivity contribution in [2.45, 2.75) is 19.3 Å². The number of methoxy groups -OCH3 is 2. The predicted molar refractivity (Wildman–Crippen MR) is 74.8 cm³/mol. The number of hydrogen-bond donors (Lipinski definition) is 1. The van der Waals surface area contributed by atoms with Gasteiger partial charge in [-0.2, -0.15) is 0 Å². The van der Waals surface area contributed by atoms with Crippen LogP contribution in [0.1, 0.15) is 18.4 Å². The van der Waals surface area contributed by atoms with Crippen molar-refractivity contribution in [3.63, 3.8) is 0 Å². The average Bonchev–Trinajstić information content (AvgIpc) is 2.98. The van der Waals surface area contributed by atoms with Gasteiger partial charge in [0.25, 0.3) is 0 Å². The van der Waals surface area contributed by atoms with Crippen LogP contribution in [0.25, 0.3) is 0 Å². The molecule has 106 valence electrons. The van der Waals surface area contributed by atoms with Crippen molar-refractivity contribution in [3.05, 3.63) is 17.7 Å². The highest BCUT2D eigenvalue weighted by atomic mass is 16.6. The maximum atomic E-state index is 5.51. The van der Waals surface area contributed by atoms with E-state index in [0.29, 0.717) is 13.0 Å². The smallest absolute Gasteiger partial charge is 0.142 e. The van der Waals surface area contributed by atoms with Crippen molar-refractivity contribution in [1.29, 1.82) is 0 Å². The van der Waals surface area contributed by atoms with Crippen molar-refractivity contribution < 1.29 is 14.3 Å². The first-order valence-electron chi connectivity index (χ1n) is 6.61. The third-order valence-corrected chi connectivity index (χ3v) is 3.52. The molecule has 0 atom stereocenters. The Morgan fingerprint density at radius 2 is 1.79 bits per heavy atom. The number of benzene rings is 1. The Morgan fingerprint density at radius 1 is 1.11 bits per heavy atom. The van der Waals surface area contributed by atoms with Gasteiger partial charge in [-0.3, -0.25) is 0 Å². The summed E-state index contributed by atoms with van der Waals surface area (Å²) in [6.45, 7) is 2.61. The van der Waals surface area contributed by atoms with E-state index in [4.69, 9.17) is 15.4 Å². The second-order valence-corrected chi connectivity index (χ2v) is 4.65. The van der Waals surface area contributed by atoms with Gasteiger partial charge in [0, 0.05) is 31.1 Å². The number of ether oxygens (including phenoxy) is 2. The zero-order valence-corrected chi connectivity index (χ0v) is 11.6. The molecule has 0 aromatic heterocycles. The number of anilines is 1. The molecule has 19 heavy (non-hydrogen) atoms. The second-order valence-electron chi connectivity index (χ2n) is 4.65. The highest BCUT2D eigenvalue weighted by molar-refractivity contribution is 5.64. The zero-order valence-electron chi connectivity index (χ0n) is 11.6. The van der Waals surface area contributed by atoms with Crippen molar-refractivity contribution in [2.75, 3.05) is 38.8 Å². The Kier molecular flexibility index (Phi) is 4.87. The first kappa shape index (κ1) is 14.0. The van der Waals surface area contributed by atoms with E-state index in [1.54, 1.807) is 14.2 Å². The summed E-state index contributed by atoms with van der Waals surface area (Å²) < 4.78 is 11.0. The summed E-state index contributed by atoms with van der Waals surface area (Å²) in [5, 5.41) is 0. The normalized spacial score (nSPS) is 14.8. The van der Waals surface area contributed by atoms with Gasteiger partial charge in [-0.05, 0) is 18.9 Å². The van der Waals surface area contributed by atoms with E-state index in [2.05, 4.69) is 15.8 Å². The van der Waals surface area contributed by atoms with Gasteiger partial charge >= 0.3 is 0 Å². The maximum Gasteiger partial charge on any atom is 0.142 e. The molecule has 0 amide bonds. The Bertz CT molecular complexity index is 417. The first-order chi connectivity index (χ1) is 9.30. The van der Waals surface area contributed by atoms with Crippen LogP contribution in [0.15, 0.2) is 12.1 Å². The molecule has 1 aromatic rings. The molecule has 1 saturated heterocycles. The van der Waals surface area contributed by atoms with Gasteiger partial charge in [0.15, 0.2) is 0 Å². The average molecular weight is 266 g/mol. The number of nitrogens with two attached hydrogens (primary N) is 1. The van der Waals surface area contributed by atoms with Crippen LogP contribution in [0.4, 0.5) is 5.69 Å². The number of rotatable bonds is 6. The Hall–Kier alpha value is -1.46. The summed E-state index contributed by atoms with van der Waals surface area (Å²) >= 11 is 0. The van der Waals surface area contributed by atoms with E-state index in [9.17, 15) is 0 Å². The first-order valence-corrected chi connectivity index (χ1v) is 6.61. The molecule has 2 N–H and O–H groups in total. The zero-order chi connectivity index (χ0) is 13.7. The number of nitrogens with zero attached hydrogens (tertiary/aromatic N) is 1. The molecule has 0 unspecified atom stereocenters. The molecule has 1 aromatic carbocycles. The minimum absolute atomic E-state index is 0.461. The van der Waals surface area contributed by atoms with E-state index in [-0.39, 0.29) is 0 Å². The summed E-state index contributed by atoms with van der Waals surface area (Å²) in [6, 6.07) is 4.07. The van der Waals surface area contributed by atoms with Crippen LogP contribution in [0, 0.1) is 0 Å². The van der Waals surface area contributed by atoms with Crippen molar-refractivity contribution in [2.24, 2.45) is 5.90 Å². The lowest BCUT2D eigenvalue weighted by molar-refractivity contribution is 0.140. The van der Waals surface area contributed by atoms with E-state index >= 15 is 0 Å². The quantitative estimate of drug-likeness (QED) is 0.795. The molecule has 0 saturated carbocycles. The molecule has 1 heterocycles. The van der Waals surface area contributed by atoms with Crippen LogP contribution >= 0.6 is 0 Å². The molecule has 5 heteroatoms.